The number of benzene rings is 1. The molecule has 0 aliphatic heterocycles. The van der Waals surface area contributed by atoms with Gasteiger partial charge in [0, 0.05) is 0 Å². The van der Waals surface area contributed by atoms with Gasteiger partial charge in [-0.3, -0.25) is 10.1 Å². The van der Waals surface area contributed by atoms with Crippen molar-refractivity contribution in [2.45, 2.75) is 26.4 Å². The standard InChI is InChI=1S/C11H12FNO4/c1-11(2,3)17-10(14)8-5-4-7(12)6-9(8)13(15)16/h4-6H,1-3H3. The van der Waals surface area contributed by atoms with E-state index in [9.17, 15) is 19.3 Å². The van der Waals surface area contributed by atoms with Crippen LogP contribution < -0.4 is 0 Å². The number of nitrogens with zero attached hydrogens (tertiary/aromatic N) is 1. The lowest BCUT2D eigenvalue weighted by molar-refractivity contribution is -0.385. The van der Waals surface area contributed by atoms with E-state index in [0.29, 0.717) is 6.07 Å². The highest BCUT2D eigenvalue weighted by Crippen LogP contribution is 2.22. The molecule has 0 saturated carbocycles. The fourth-order valence-corrected chi connectivity index (χ4v) is 1.16. The van der Waals surface area contributed by atoms with Gasteiger partial charge in [0.2, 0.25) is 0 Å². The molecule has 17 heavy (non-hydrogen) atoms. The molecule has 0 unspecified atom stereocenters. The monoisotopic (exact) mass is 241 g/mol. The van der Waals surface area contributed by atoms with E-state index >= 15 is 0 Å². The van der Waals surface area contributed by atoms with Gasteiger partial charge in [0.1, 0.15) is 17.0 Å². The van der Waals surface area contributed by atoms with Crippen molar-refractivity contribution in [2.75, 3.05) is 0 Å². The third-order valence-electron chi connectivity index (χ3n) is 1.78. The van der Waals surface area contributed by atoms with E-state index in [2.05, 4.69) is 0 Å². The van der Waals surface area contributed by atoms with E-state index in [0.717, 1.165) is 12.1 Å². The maximum Gasteiger partial charge on any atom is 0.345 e. The van der Waals surface area contributed by atoms with Crippen LogP contribution in [0.4, 0.5) is 10.1 Å². The van der Waals surface area contributed by atoms with Crippen LogP contribution in [-0.4, -0.2) is 16.5 Å². The molecule has 0 bridgehead atoms. The van der Waals surface area contributed by atoms with Crippen molar-refractivity contribution in [1.29, 1.82) is 0 Å². The Balaban J connectivity index is 3.14. The Kier molecular flexibility index (Phi) is 3.45. The second kappa shape index (κ2) is 4.48. The van der Waals surface area contributed by atoms with Gasteiger partial charge in [-0.2, -0.15) is 0 Å². The van der Waals surface area contributed by atoms with Crippen molar-refractivity contribution < 1.29 is 18.8 Å². The molecule has 6 heteroatoms. The van der Waals surface area contributed by atoms with Crippen molar-refractivity contribution in [3.63, 3.8) is 0 Å². The summed E-state index contributed by atoms with van der Waals surface area (Å²) in [7, 11) is 0. The number of halogens is 1. The first-order chi connectivity index (χ1) is 7.70. The van der Waals surface area contributed by atoms with Crippen LogP contribution in [0.25, 0.3) is 0 Å². The Morgan fingerprint density at radius 1 is 1.41 bits per heavy atom. The Morgan fingerprint density at radius 2 is 2.00 bits per heavy atom. The highest BCUT2D eigenvalue weighted by Gasteiger charge is 2.25. The summed E-state index contributed by atoms with van der Waals surface area (Å²) in [4.78, 5) is 21.5. The normalized spacial score (nSPS) is 11.1. The van der Waals surface area contributed by atoms with Gasteiger partial charge in [-0.05, 0) is 32.9 Å². The summed E-state index contributed by atoms with van der Waals surface area (Å²) in [5.74, 6) is -1.62. The minimum atomic E-state index is -0.843. The molecular weight excluding hydrogens is 229 g/mol. The topological polar surface area (TPSA) is 69.4 Å². The predicted molar refractivity (Wildman–Crippen MR) is 58.2 cm³/mol. The zero-order chi connectivity index (χ0) is 13.2. The van der Waals surface area contributed by atoms with Crippen LogP contribution in [0, 0.1) is 15.9 Å². The molecule has 1 aromatic carbocycles. The van der Waals surface area contributed by atoms with Gasteiger partial charge in [-0.1, -0.05) is 0 Å². The van der Waals surface area contributed by atoms with Crippen LogP contribution >= 0.6 is 0 Å². The third-order valence-corrected chi connectivity index (χ3v) is 1.78. The number of esters is 1. The number of carbonyl (C=O) groups is 1. The van der Waals surface area contributed by atoms with Crippen molar-refractivity contribution >= 4 is 11.7 Å². The predicted octanol–water partition coefficient (Wildman–Crippen LogP) is 2.69. The van der Waals surface area contributed by atoms with Gasteiger partial charge < -0.3 is 4.74 Å². The second-order valence-electron chi connectivity index (χ2n) is 4.42. The Bertz CT molecular complexity index is 465. The fourth-order valence-electron chi connectivity index (χ4n) is 1.16. The summed E-state index contributed by atoms with van der Waals surface area (Å²) in [6.07, 6.45) is 0. The Labute approximate surface area is 97.3 Å². The minimum Gasteiger partial charge on any atom is -0.456 e. The van der Waals surface area contributed by atoms with E-state index < -0.39 is 28.0 Å². The number of hydrogen-bond acceptors (Lipinski definition) is 4. The molecular formula is C11H12FNO4. The molecule has 92 valence electrons. The minimum absolute atomic E-state index is 0.258. The average Bonchev–Trinajstić information content (AvgIpc) is 2.14. The largest absolute Gasteiger partial charge is 0.456 e. The van der Waals surface area contributed by atoms with Crippen molar-refractivity contribution in [3.05, 3.63) is 39.7 Å². The molecule has 0 radical (unpaired) electrons. The number of hydrogen-bond donors (Lipinski definition) is 0. The summed E-state index contributed by atoms with van der Waals surface area (Å²) in [6, 6.07) is 2.72. The maximum atomic E-state index is 12.9. The van der Waals surface area contributed by atoms with Crippen molar-refractivity contribution in [3.8, 4) is 0 Å². The first-order valence-corrected chi connectivity index (χ1v) is 4.88. The van der Waals surface area contributed by atoms with Gasteiger partial charge in [-0.25, -0.2) is 9.18 Å². The van der Waals surface area contributed by atoms with E-state index in [1.165, 1.54) is 0 Å². The Hall–Kier alpha value is -1.98. The zero-order valence-electron chi connectivity index (χ0n) is 9.69. The molecule has 5 nitrogen and oxygen atoms in total. The van der Waals surface area contributed by atoms with Gasteiger partial charge in [0.05, 0.1) is 11.0 Å². The molecule has 0 saturated heterocycles. The average molecular weight is 241 g/mol. The number of nitro benzene ring substituents is 1. The molecule has 0 heterocycles. The lowest BCUT2D eigenvalue weighted by Crippen LogP contribution is -2.24. The Morgan fingerprint density at radius 3 is 2.47 bits per heavy atom. The second-order valence-corrected chi connectivity index (χ2v) is 4.42. The lowest BCUT2D eigenvalue weighted by atomic mass is 10.1. The summed E-state index contributed by atoms with van der Waals surface area (Å²) < 4.78 is 17.8. The zero-order valence-corrected chi connectivity index (χ0v) is 9.69. The molecule has 0 atom stereocenters. The van der Waals surface area contributed by atoms with Crippen molar-refractivity contribution in [2.24, 2.45) is 0 Å². The molecule has 0 fully saturated rings. The van der Waals surface area contributed by atoms with Crippen LogP contribution in [0.5, 0.6) is 0 Å². The van der Waals surface area contributed by atoms with E-state index in [-0.39, 0.29) is 5.56 Å². The van der Waals surface area contributed by atoms with Crippen LogP contribution in [0.3, 0.4) is 0 Å². The summed E-state index contributed by atoms with van der Waals surface area (Å²) >= 11 is 0. The highest BCUT2D eigenvalue weighted by molar-refractivity contribution is 5.94. The molecule has 0 N–H and O–H groups in total. The first kappa shape index (κ1) is 13.1. The number of nitro groups is 1. The van der Waals surface area contributed by atoms with Crippen LogP contribution in [0.15, 0.2) is 18.2 Å². The smallest absolute Gasteiger partial charge is 0.345 e. The number of ether oxygens (including phenoxy) is 1. The van der Waals surface area contributed by atoms with E-state index in [4.69, 9.17) is 4.74 Å². The third kappa shape index (κ3) is 3.51. The van der Waals surface area contributed by atoms with Crippen LogP contribution in [-0.2, 0) is 4.74 Å². The van der Waals surface area contributed by atoms with Crippen LogP contribution in [0.2, 0.25) is 0 Å². The van der Waals surface area contributed by atoms with Gasteiger partial charge >= 0.3 is 5.97 Å². The lowest BCUT2D eigenvalue weighted by Gasteiger charge is -2.19. The SMILES string of the molecule is CC(C)(C)OC(=O)c1ccc(F)cc1[N+](=O)[O-]. The fraction of sp³-hybridized carbons (Fsp3) is 0.364. The molecule has 0 spiro atoms. The van der Waals surface area contributed by atoms with E-state index in [1.807, 2.05) is 0 Å². The maximum absolute atomic E-state index is 12.9. The molecule has 0 aromatic heterocycles. The highest BCUT2D eigenvalue weighted by atomic mass is 19.1. The molecule has 0 aliphatic carbocycles. The number of carbonyl (C=O) groups excluding carboxylic acids is 1. The quantitative estimate of drug-likeness (QED) is 0.453. The number of rotatable bonds is 2. The van der Waals surface area contributed by atoms with Gasteiger partial charge in [-0.15, -0.1) is 0 Å². The summed E-state index contributed by atoms with van der Waals surface area (Å²) in [6.45, 7) is 4.92. The molecule has 0 amide bonds. The van der Waals surface area contributed by atoms with Gasteiger partial charge in [0.15, 0.2) is 0 Å². The van der Waals surface area contributed by atoms with E-state index in [1.54, 1.807) is 20.8 Å². The van der Waals surface area contributed by atoms with Crippen LogP contribution in [0.1, 0.15) is 31.1 Å². The molecule has 1 aromatic rings. The van der Waals surface area contributed by atoms with Gasteiger partial charge in [0.25, 0.3) is 5.69 Å². The summed E-state index contributed by atoms with van der Waals surface area (Å²) in [5, 5.41) is 10.7. The summed E-state index contributed by atoms with van der Waals surface area (Å²) in [5.41, 5.74) is -1.62. The molecule has 1 rings (SSSR count). The van der Waals surface area contributed by atoms with Crippen molar-refractivity contribution in [1.82, 2.24) is 0 Å². The molecule has 0 aliphatic rings. The first-order valence-electron chi connectivity index (χ1n) is 4.88.